The summed E-state index contributed by atoms with van der Waals surface area (Å²) >= 11 is 0. The van der Waals surface area contributed by atoms with E-state index in [1.807, 2.05) is 31.2 Å². The van der Waals surface area contributed by atoms with Crippen LogP contribution in [-0.4, -0.2) is 5.11 Å². The molecule has 0 aliphatic carbocycles. The molecule has 1 unspecified atom stereocenters. The molecule has 0 saturated heterocycles. The average molecular weight is 276 g/mol. The Morgan fingerprint density at radius 3 is 2.50 bits per heavy atom. The largest absolute Gasteiger partial charge is 0.388 e. The fourth-order valence-electron chi connectivity index (χ4n) is 2.24. The quantitative estimate of drug-likeness (QED) is 0.885. The lowest BCUT2D eigenvalue weighted by Crippen LogP contribution is -2.05. The van der Waals surface area contributed by atoms with Gasteiger partial charge in [0.2, 0.25) is 0 Å². The minimum absolute atomic E-state index is 0.0285. The van der Waals surface area contributed by atoms with E-state index in [1.165, 1.54) is 19.1 Å². The lowest BCUT2D eigenvalue weighted by atomic mass is 9.99. The summed E-state index contributed by atoms with van der Waals surface area (Å²) in [6, 6.07) is 10.9. The summed E-state index contributed by atoms with van der Waals surface area (Å²) in [7, 11) is 0. The van der Waals surface area contributed by atoms with Crippen LogP contribution in [0.3, 0.4) is 0 Å². The first-order valence-corrected chi connectivity index (χ1v) is 6.67. The molecule has 0 saturated carbocycles. The average Bonchev–Trinajstić information content (AvgIpc) is 2.42. The number of halogens is 2. The molecule has 0 aliphatic rings. The van der Waals surface area contributed by atoms with Gasteiger partial charge >= 0.3 is 0 Å². The van der Waals surface area contributed by atoms with Crippen molar-refractivity contribution in [3.63, 3.8) is 0 Å². The first-order chi connectivity index (χ1) is 9.49. The summed E-state index contributed by atoms with van der Waals surface area (Å²) in [5, 5.41) is 10.0. The van der Waals surface area contributed by atoms with E-state index in [0.29, 0.717) is 12.8 Å². The molecule has 2 rings (SSSR count). The molecule has 0 heterocycles. The Balaban J connectivity index is 2.09. The fraction of sp³-hybridized carbons (Fsp3) is 0.294. The van der Waals surface area contributed by atoms with Crippen LogP contribution in [0.4, 0.5) is 8.78 Å². The number of hydrogen-bond acceptors (Lipinski definition) is 1. The van der Waals surface area contributed by atoms with Gasteiger partial charge in [0.25, 0.3) is 0 Å². The number of benzene rings is 2. The van der Waals surface area contributed by atoms with Crippen molar-refractivity contribution in [1.82, 2.24) is 0 Å². The van der Waals surface area contributed by atoms with Crippen LogP contribution in [0.2, 0.25) is 0 Å². The van der Waals surface area contributed by atoms with Gasteiger partial charge < -0.3 is 5.11 Å². The van der Waals surface area contributed by atoms with E-state index >= 15 is 0 Å². The summed E-state index contributed by atoms with van der Waals surface area (Å²) in [5.74, 6) is -1.82. The van der Waals surface area contributed by atoms with Crippen LogP contribution in [0.15, 0.2) is 36.4 Å². The smallest absolute Gasteiger partial charge is 0.164 e. The lowest BCUT2D eigenvalue weighted by molar-refractivity contribution is 0.162. The van der Waals surface area contributed by atoms with Crippen LogP contribution in [-0.2, 0) is 6.42 Å². The van der Waals surface area contributed by atoms with Crippen molar-refractivity contribution in [3.05, 3.63) is 70.3 Å². The molecule has 2 aromatic carbocycles. The fourth-order valence-corrected chi connectivity index (χ4v) is 2.24. The molecule has 0 amide bonds. The maximum Gasteiger partial charge on any atom is 0.164 e. The molecule has 0 fully saturated rings. The van der Waals surface area contributed by atoms with Crippen LogP contribution in [0.5, 0.6) is 0 Å². The molecule has 1 N–H and O–H groups in total. The van der Waals surface area contributed by atoms with E-state index in [0.717, 1.165) is 11.1 Å². The Kier molecular flexibility index (Phi) is 4.50. The Morgan fingerprint density at radius 1 is 1.05 bits per heavy atom. The minimum Gasteiger partial charge on any atom is -0.388 e. The van der Waals surface area contributed by atoms with E-state index in [9.17, 15) is 13.9 Å². The van der Waals surface area contributed by atoms with Gasteiger partial charge in [-0.25, -0.2) is 8.78 Å². The van der Waals surface area contributed by atoms with Crippen molar-refractivity contribution < 1.29 is 13.9 Å². The first kappa shape index (κ1) is 14.7. The standard InChI is InChI=1S/C17H18F2O/c1-11-4-3-5-13(10-11)7-9-15(20)14-8-6-12(2)16(18)17(14)19/h3-6,8,10,15,20H,7,9H2,1-2H3. The summed E-state index contributed by atoms with van der Waals surface area (Å²) in [5.41, 5.74) is 2.50. The minimum atomic E-state index is -0.995. The van der Waals surface area contributed by atoms with Crippen LogP contribution in [0.1, 0.15) is 34.8 Å². The van der Waals surface area contributed by atoms with Gasteiger partial charge in [-0.1, -0.05) is 42.0 Å². The molecule has 1 nitrogen and oxygen atoms in total. The Bertz CT molecular complexity index is 608. The van der Waals surface area contributed by atoms with Gasteiger partial charge in [-0.2, -0.15) is 0 Å². The third-order valence-electron chi connectivity index (χ3n) is 3.45. The number of aliphatic hydroxyl groups is 1. The van der Waals surface area contributed by atoms with Gasteiger partial charge in [-0.05, 0) is 37.8 Å². The Hall–Kier alpha value is -1.74. The molecule has 0 spiro atoms. The SMILES string of the molecule is Cc1cccc(CCC(O)c2ccc(C)c(F)c2F)c1. The Labute approximate surface area is 117 Å². The normalized spacial score (nSPS) is 12.4. The predicted molar refractivity (Wildman–Crippen MR) is 75.6 cm³/mol. The molecule has 0 bridgehead atoms. The summed E-state index contributed by atoms with van der Waals surface area (Å²) in [6.45, 7) is 3.50. The third kappa shape index (κ3) is 3.23. The third-order valence-corrected chi connectivity index (χ3v) is 3.45. The second kappa shape index (κ2) is 6.14. The molecule has 3 heteroatoms. The predicted octanol–water partition coefficient (Wildman–Crippen LogP) is 4.25. The second-order valence-corrected chi connectivity index (χ2v) is 5.14. The van der Waals surface area contributed by atoms with Crippen LogP contribution >= 0.6 is 0 Å². The molecular formula is C17H18F2O. The number of aryl methyl sites for hydroxylation is 3. The maximum atomic E-state index is 13.8. The van der Waals surface area contributed by atoms with Crippen molar-refractivity contribution in [2.75, 3.05) is 0 Å². The molecule has 1 atom stereocenters. The van der Waals surface area contributed by atoms with Gasteiger partial charge in [0.1, 0.15) is 0 Å². The Morgan fingerprint density at radius 2 is 1.80 bits per heavy atom. The van der Waals surface area contributed by atoms with Gasteiger partial charge in [0.15, 0.2) is 11.6 Å². The van der Waals surface area contributed by atoms with Crippen molar-refractivity contribution in [2.24, 2.45) is 0 Å². The number of hydrogen-bond donors (Lipinski definition) is 1. The van der Waals surface area contributed by atoms with Gasteiger partial charge in [-0.15, -0.1) is 0 Å². The van der Waals surface area contributed by atoms with E-state index in [2.05, 4.69) is 0 Å². The van der Waals surface area contributed by atoms with Crippen LogP contribution < -0.4 is 0 Å². The van der Waals surface area contributed by atoms with Crippen molar-refractivity contribution in [1.29, 1.82) is 0 Å². The molecule has 0 radical (unpaired) electrons. The molecule has 0 aliphatic heterocycles. The van der Waals surface area contributed by atoms with Crippen LogP contribution in [0, 0.1) is 25.5 Å². The monoisotopic (exact) mass is 276 g/mol. The summed E-state index contributed by atoms with van der Waals surface area (Å²) in [6.07, 6.45) is -0.00804. The molecular weight excluding hydrogens is 258 g/mol. The van der Waals surface area contributed by atoms with Gasteiger partial charge in [0, 0.05) is 5.56 Å². The zero-order valence-corrected chi connectivity index (χ0v) is 11.7. The number of rotatable bonds is 4. The highest BCUT2D eigenvalue weighted by atomic mass is 19.2. The molecule has 2 aromatic rings. The molecule has 0 aromatic heterocycles. The van der Waals surface area contributed by atoms with Crippen molar-refractivity contribution in [2.45, 2.75) is 32.8 Å². The first-order valence-electron chi connectivity index (χ1n) is 6.67. The zero-order valence-electron chi connectivity index (χ0n) is 11.7. The maximum absolute atomic E-state index is 13.8. The highest BCUT2D eigenvalue weighted by Gasteiger charge is 2.17. The van der Waals surface area contributed by atoms with Crippen LogP contribution in [0.25, 0.3) is 0 Å². The van der Waals surface area contributed by atoms with Gasteiger partial charge in [0.05, 0.1) is 6.10 Å². The van der Waals surface area contributed by atoms with E-state index in [-0.39, 0.29) is 11.1 Å². The van der Waals surface area contributed by atoms with E-state index < -0.39 is 17.7 Å². The zero-order chi connectivity index (χ0) is 14.7. The number of aliphatic hydroxyl groups excluding tert-OH is 1. The van der Waals surface area contributed by atoms with E-state index in [1.54, 1.807) is 0 Å². The molecule has 106 valence electrons. The van der Waals surface area contributed by atoms with Crippen molar-refractivity contribution >= 4 is 0 Å². The summed E-state index contributed by atoms with van der Waals surface area (Å²) in [4.78, 5) is 0. The summed E-state index contributed by atoms with van der Waals surface area (Å²) < 4.78 is 27.2. The highest BCUT2D eigenvalue weighted by Crippen LogP contribution is 2.25. The van der Waals surface area contributed by atoms with E-state index in [4.69, 9.17) is 0 Å². The highest BCUT2D eigenvalue weighted by molar-refractivity contribution is 5.27. The lowest BCUT2D eigenvalue weighted by Gasteiger charge is -2.13. The second-order valence-electron chi connectivity index (χ2n) is 5.14. The molecule has 20 heavy (non-hydrogen) atoms. The topological polar surface area (TPSA) is 20.2 Å². The van der Waals surface area contributed by atoms with Gasteiger partial charge in [-0.3, -0.25) is 0 Å². The van der Waals surface area contributed by atoms with Crippen molar-refractivity contribution in [3.8, 4) is 0 Å².